The van der Waals surface area contributed by atoms with Crippen molar-refractivity contribution in [3.05, 3.63) is 35.2 Å². The highest BCUT2D eigenvalue weighted by Crippen LogP contribution is 2.19. The van der Waals surface area contributed by atoms with Crippen molar-refractivity contribution < 1.29 is 0 Å². The summed E-state index contributed by atoms with van der Waals surface area (Å²) in [6.45, 7) is 2.71. The molecule has 0 bridgehead atoms. The molecule has 0 unspecified atom stereocenters. The molecule has 2 aromatic rings. The lowest BCUT2D eigenvalue weighted by Crippen LogP contribution is -2.34. The molecule has 0 aliphatic carbocycles. The van der Waals surface area contributed by atoms with E-state index in [0.29, 0.717) is 0 Å². The molecule has 2 aromatic heterocycles. The highest BCUT2D eigenvalue weighted by molar-refractivity contribution is 9.10. The van der Waals surface area contributed by atoms with Crippen LogP contribution in [0.4, 0.5) is 5.82 Å². The van der Waals surface area contributed by atoms with E-state index in [1.54, 1.807) is 6.33 Å². The van der Waals surface area contributed by atoms with Crippen LogP contribution in [-0.2, 0) is 13.1 Å². The average molecular weight is 280 g/mol. The summed E-state index contributed by atoms with van der Waals surface area (Å²) in [7, 11) is 0. The molecule has 1 aliphatic rings. The fourth-order valence-corrected chi connectivity index (χ4v) is 2.16. The first-order valence-corrected chi connectivity index (χ1v) is 5.85. The Kier molecular flexibility index (Phi) is 2.36. The molecule has 3 heterocycles. The zero-order chi connectivity index (χ0) is 11.0. The zero-order valence-corrected chi connectivity index (χ0v) is 10.1. The molecular weight excluding hydrogens is 270 g/mol. The second-order valence-electron chi connectivity index (χ2n) is 3.66. The Bertz CT molecular complexity index is 509. The number of hydrogen-bond donors (Lipinski definition) is 0. The van der Waals surface area contributed by atoms with Crippen LogP contribution in [0.3, 0.4) is 0 Å². The van der Waals surface area contributed by atoms with Crippen molar-refractivity contribution in [2.75, 3.05) is 11.4 Å². The second kappa shape index (κ2) is 3.86. The predicted molar refractivity (Wildman–Crippen MR) is 63.0 cm³/mol. The van der Waals surface area contributed by atoms with Gasteiger partial charge in [-0.2, -0.15) is 0 Å². The summed E-state index contributed by atoms with van der Waals surface area (Å²) in [5, 5.41) is 0. The molecule has 0 aromatic carbocycles. The second-order valence-corrected chi connectivity index (χ2v) is 4.47. The van der Waals surface area contributed by atoms with Gasteiger partial charge in [0.25, 0.3) is 0 Å². The Balaban J connectivity index is 1.88. The van der Waals surface area contributed by atoms with Crippen LogP contribution >= 0.6 is 15.9 Å². The number of anilines is 1. The molecule has 16 heavy (non-hydrogen) atoms. The molecule has 1 aliphatic heterocycles. The van der Waals surface area contributed by atoms with E-state index in [1.807, 2.05) is 18.5 Å². The number of imidazole rings is 1. The smallest absolute Gasteiger partial charge is 0.133 e. The third-order valence-electron chi connectivity index (χ3n) is 2.69. The minimum absolute atomic E-state index is 0.802. The molecule has 0 atom stereocenters. The molecule has 6 heteroatoms. The minimum atomic E-state index is 0.802. The van der Waals surface area contributed by atoms with Crippen LogP contribution in [0.5, 0.6) is 0 Å². The van der Waals surface area contributed by atoms with E-state index in [9.17, 15) is 0 Å². The Labute approximate surface area is 101 Å². The lowest BCUT2D eigenvalue weighted by atomic mass is 10.3. The normalized spacial score (nSPS) is 14.9. The van der Waals surface area contributed by atoms with E-state index in [-0.39, 0.29) is 0 Å². The van der Waals surface area contributed by atoms with Gasteiger partial charge in [-0.1, -0.05) is 0 Å². The zero-order valence-electron chi connectivity index (χ0n) is 8.54. The number of aromatic nitrogens is 4. The lowest BCUT2D eigenvalue weighted by Gasteiger charge is -2.28. The minimum Gasteiger partial charge on any atom is -0.347 e. The molecule has 5 nitrogen and oxygen atoms in total. The average Bonchev–Trinajstić information content (AvgIpc) is 2.75. The largest absolute Gasteiger partial charge is 0.347 e. The van der Waals surface area contributed by atoms with Crippen LogP contribution in [-0.4, -0.2) is 26.1 Å². The highest BCUT2D eigenvalue weighted by Gasteiger charge is 2.17. The quantitative estimate of drug-likeness (QED) is 0.742. The maximum absolute atomic E-state index is 4.32. The van der Waals surface area contributed by atoms with Crippen molar-refractivity contribution in [2.45, 2.75) is 13.1 Å². The van der Waals surface area contributed by atoms with Crippen molar-refractivity contribution in [2.24, 2.45) is 0 Å². The molecule has 82 valence electrons. The van der Waals surface area contributed by atoms with Crippen LogP contribution in [0.15, 0.2) is 29.4 Å². The number of halogens is 1. The SMILES string of the molecule is Brc1cc(N2CCn3ccnc3C2)ncn1. The van der Waals surface area contributed by atoms with Gasteiger partial charge in [-0.3, -0.25) is 0 Å². The summed E-state index contributed by atoms with van der Waals surface area (Å²) in [4.78, 5) is 14.8. The van der Waals surface area contributed by atoms with Crippen molar-refractivity contribution >= 4 is 21.7 Å². The first-order chi connectivity index (χ1) is 7.83. The molecular formula is C10H10BrN5. The van der Waals surface area contributed by atoms with Crippen LogP contribution < -0.4 is 4.90 Å². The molecule has 0 N–H and O–H groups in total. The standard InChI is InChI=1S/C10H10BrN5/c11-8-5-9(14-7-13-8)16-4-3-15-2-1-12-10(15)6-16/h1-2,5,7H,3-4,6H2. The fraction of sp³-hybridized carbons (Fsp3) is 0.300. The van der Waals surface area contributed by atoms with Gasteiger partial charge in [-0.15, -0.1) is 0 Å². The van der Waals surface area contributed by atoms with E-state index in [1.165, 1.54) is 0 Å². The predicted octanol–water partition coefficient (Wildman–Crippen LogP) is 1.46. The number of fused-ring (bicyclic) bond motifs is 1. The van der Waals surface area contributed by atoms with Crippen molar-refractivity contribution in [1.82, 2.24) is 19.5 Å². The van der Waals surface area contributed by atoms with Gasteiger partial charge in [0.2, 0.25) is 0 Å². The van der Waals surface area contributed by atoms with Gasteiger partial charge in [0.15, 0.2) is 0 Å². The van der Waals surface area contributed by atoms with Gasteiger partial charge in [0.05, 0.1) is 6.54 Å². The first kappa shape index (κ1) is 9.77. The van der Waals surface area contributed by atoms with Gasteiger partial charge in [0.1, 0.15) is 22.6 Å². The molecule has 3 rings (SSSR count). The van der Waals surface area contributed by atoms with Crippen molar-refractivity contribution in [3.63, 3.8) is 0 Å². The molecule has 0 fully saturated rings. The Morgan fingerprint density at radius 1 is 1.19 bits per heavy atom. The summed E-state index contributed by atoms with van der Waals surface area (Å²) in [5.74, 6) is 2.03. The summed E-state index contributed by atoms with van der Waals surface area (Å²) in [6, 6.07) is 1.93. The van der Waals surface area contributed by atoms with Crippen LogP contribution in [0, 0.1) is 0 Å². The fourth-order valence-electron chi connectivity index (χ4n) is 1.87. The topological polar surface area (TPSA) is 46.8 Å². The maximum atomic E-state index is 4.32. The van der Waals surface area contributed by atoms with Gasteiger partial charge >= 0.3 is 0 Å². The summed E-state index contributed by atoms with van der Waals surface area (Å²) < 4.78 is 2.98. The molecule has 0 spiro atoms. The third-order valence-corrected chi connectivity index (χ3v) is 3.12. The summed E-state index contributed by atoms with van der Waals surface area (Å²) >= 11 is 3.35. The van der Waals surface area contributed by atoms with Crippen molar-refractivity contribution in [3.8, 4) is 0 Å². The van der Waals surface area contributed by atoms with E-state index in [2.05, 4.69) is 40.3 Å². The monoisotopic (exact) mass is 279 g/mol. The van der Waals surface area contributed by atoms with E-state index in [4.69, 9.17) is 0 Å². The summed E-state index contributed by atoms with van der Waals surface area (Å²) in [5.41, 5.74) is 0. The van der Waals surface area contributed by atoms with Gasteiger partial charge < -0.3 is 9.47 Å². The Morgan fingerprint density at radius 3 is 3.00 bits per heavy atom. The Hall–Kier alpha value is -1.43. The van der Waals surface area contributed by atoms with Gasteiger partial charge in [-0.05, 0) is 15.9 Å². The third kappa shape index (κ3) is 1.69. The highest BCUT2D eigenvalue weighted by atomic mass is 79.9. The Morgan fingerprint density at radius 2 is 2.12 bits per heavy atom. The van der Waals surface area contributed by atoms with Gasteiger partial charge in [-0.25, -0.2) is 15.0 Å². The molecule has 0 saturated heterocycles. The van der Waals surface area contributed by atoms with Crippen molar-refractivity contribution in [1.29, 1.82) is 0 Å². The molecule has 0 radical (unpaired) electrons. The lowest BCUT2D eigenvalue weighted by molar-refractivity contribution is 0.555. The number of hydrogen-bond acceptors (Lipinski definition) is 4. The molecule has 0 saturated carbocycles. The van der Waals surface area contributed by atoms with Crippen LogP contribution in [0.25, 0.3) is 0 Å². The summed E-state index contributed by atoms with van der Waals surface area (Å²) in [6.07, 6.45) is 5.43. The van der Waals surface area contributed by atoms with Crippen LogP contribution in [0.2, 0.25) is 0 Å². The van der Waals surface area contributed by atoms with E-state index in [0.717, 1.165) is 35.9 Å². The van der Waals surface area contributed by atoms with Gasteiger partial charge in [0, 0.05) is 31.5 Å². The van der Waals surface area contributed by atoms with E-state index >= 15 is 0 Å². The molecule has 0 amide bonds. The first-order valence-electron chi connectivity index (χ1n) is 5.05. The number of rotatable bonds is 1. The number of nitrogens with zero attached hydrogens (tertiary/aromatic N) is 5. The van der Waals surface area contributed by atoms with Crippen LogP contribution in [0.1, 0.15) is 5.82 Å². The maximum Gasteiger partial charge on any atom is 0.133 e. The van der Waals surface area contributed by atoms with E-state index < -0.39 is 0 Å².